The number of hydrogen-bond donors (Lipinski definition) is 1. The minimum absolute atomic E-state index is 0. The van der Waals surface area contributed by atoms with Crippen LogP contribution in [0.25, 0.3) is 0 Å². The number of aliphatic imine (C=N–C) groups is 1. The quantitative estimate of drug-likeness (QED) is 0.521. The van der Waals surface area contributed by atoms with Gasteiger partial charge in [-0.05, 0) is 26.0 Å². The maximum atomic E-state index is 4.26. The van der Waals surface area contributed by atoms with Gasteiger partial charge in [-0.1, -0.05) is 25.5 Å². The van der Waals surface area contributed by atoms with Gasteiger partial charge in [0.05, 0.1) is 11.4 Å². The zero-order valence-electron chi connectivity index (χ0n) is 12.0. The molecule has 0 aliphatic rings. The number of nitrogens with zero attached hydrogens (tertiary/aromatic N) is 2. The molecule has 0 rings (SSSR count). The Morgan fingerprint density at radius 3 is 2.59 bits per heavy atom. The fraction of sp³-hybridized carbons (Fsp3) is 0.643. The van der Waals surface area contributed by atoms with Gasteiger partial charge in [0.25, 0.3) is 0 Å². The van der Waals surface area contributed by atoms with Gasteiger partial charge in [-0.25, -0.2) is 0 Å². The Morgan fingerprint density at radius 2 is 2.12 bits per heavy atom. The summed E-state index contributed by atoms with van der Waals surface area (Å²) in [7, 11) is 5.77. The van der Waals surface area contributed by atoms with Crippen molar-refractivity contribution in [2.24, 2.45) is 4.99 Å². The molecule has 100 valence electrons. The van der Waals surface area contributed by atoms with Crippen molar-refractivity contribution in [3.8, 4) is 0 Å². The van der Waals surface area contributed by atoms with Crippen molar-refractivity contribution in [3.63, 3.8) is 0 Å². The van der Waals surface area contributed by atoms with Crippen molar-refractivity contribution in [1.29, 1.82) is 0 Å². The lowest BCUT2D eigenvalue weighted by Crippen LogP contribution is -2.20. The summed E-state index contributed by atoms with van der Waals surface area (Å²) in [6, 6.07) is 0. The predicted octanol–water partition coefficient (Wildman–Crippen LogP) is 2.71. The molecule has 0 amide bonds. The molecule has 3 nitrogen and oxygen atoms in total. The maximum Gasteiger partial charge on any atom is 0.0797 e. The first kappa shape index (κ1) is 15.9. The van der Waals surface area contributed by atoms with E-state index in [1.165, 1.54) is 18.4 Å². The van der Waals surface area contributed by atoms with Gasteiger partial charge in [0.2, 0.25) is 0 Å². The first-order chi connectivity index (χ1) is 8.02. The Kier molecular flexibility index (Phi) is 8.42. The molecule has 0 saturated carbocycles. The Hall–Kier alpha value is -1.09. The van der Waals surface area contributed by atoms with Gasteiger partial charge in [-0.15, -0.1) is 0 Å². The SMILES string of the molecule is C=C(C(/C=C(\C)CNCCCC)=NC)N(C)C.[HH]. The minimum Gasteiger partial charge on any atom is -0.376 e. The molecule has 0 spiro atoms. The van der Waals surface area contributed by atoms with Gasteiger partial charge < -0.3 is 10.2 Å². The number of allylic oxidation sites excluding steroid dienone is 1. The highest BCUT2D eigenvalue weighted by Crippen LogP contribution is 2.03. The lowest BCUT2D eigenvalue weighted by molar-refractivity contribution is 0.542. The zero-order chi connectivity index (χ0) is 13.3. The first-order valence-corrected chi connectivity index (χ1v) is 6.24. The molecule has 0 aromatic carbocycles. The monoisotopic (exact) mass is 239 g/mol. The molecule has 0 aliphatic carbocycles. The summed E-state index contributed by atoms with van der Waals surface area (Å²) in [5.41, 5.74) is 3.18. The third kappa shape index (κ3) is 6.95. The molecule has 0 bridgehead atoms. The van der Waals surface area contributed by atoms with Crippen molar-refractivity contribution in [1.82, 2.24) is 10.2 Å². The molecule has 0 aliphatic heterocycles. The molecule has 0 heterocycles. The van der Waals surface area contributed by atoms with E-state index in [0.717, 1.165) is 24.5 Å². The van der Waals surface area contributed by atoms with Gasteiger partial charge in [-0.3, -0.25) is 4.99 Å². The van der Waals surface area contributed by atoms with Crippen LogP contribution >= 0.6 is 0 Å². The van der Waals surface area contributed by atoms with E-state index >= 15 is 0 Å². The summed E-state index contributed by atoms with van der Waals surface area (Å²) in [6.07, 6.45) is 4.56. The third-order valence-corrected chi connectivity index (χ3v) is 2.57. The van der Waals surface area contributed by atoms with Gasteiger partial charge in [0.15, 0.2) is 0 Å². The number of hydrogen-bond acceptors (Lipinski definition) is 3. The van der Waals surface area contributed by atoms with Crippen LogP contribution in [0.15, 0.2) is 28.9 Å². The summed E-state index contributed by atoms with van der Waals surface area (Å²) in [5, 5.41) is 3.42. The Morgan fingerprint density at radius 1 is 1.47 bits per heavy atom. The normalized spacial score (nSPS) is 12.8. The molecule has 3 heteroatoms. The van der Waals surface area contributed by atoms with E-state index in [1.54, 1.807) is 7.05 Å². The van der Waals surface area contributed by atoms with Crippen LogP contribution in [0.1, 0.15) is 28.1 Å². The van der Waals surface area contributed by atoms with Crippen LogP contribution in [-0.4, -0.2) is 44.8 Å². The van der Waals surface area contributed by atoms with Gasteiger partial charge >= 0.3 is 0 Å². The second kappa shape index (κ2) is 8.99. The molecular formula is C14H29N3. The maximum absolute atomic E-state index is 4.26. The fourth-order valence-corrected chi connectivity index (χ4v) is 1.38. The molecule has 0 unspecified atom stereocenters. The smallest absolute Gasteiger partial charge is 0.0797 e. The van der Waals surface area contributed by atoms with Gasteiger partial charge in [0, 0.05) is 29.1 Å². The number of unbranched alkanes of at least 4 members (excludes halogenated alkanes) is 1. The molecule has 0 aromatic heterocycles. The highest BCUT2D eigenvalue weighted by molar-refractivity contribution is 6.07. The van der Waals surface area contributed by atoms with E-state index in [2.05, 4.69) is 36.8 Å². The van der Waals surface area contributed by atoms with E-state index in [1.807, 2.05) is 19.0 Å². The summed E-state index contributed by atoms with van der Waals surface area (Å²) in [6.45, 7) is 10.3. The summed E-state index contributed by atoms with van der Waals surface area (Å²) in [4.78, 5) is 6.25. The van der Waals surface area contributed by atoms with Crippen molar-refractivity contribution < 1.29 is 1.43 Å². The first-order valence-electron chi connectivity index (χ1n) is 6.24. The predicted molar refractivity (Wildman–Crippen MR) is 79.8 cm³/mol. The molecule has 17 heavy (non-hydrogen) atoms. The van der Waals surface area contributed by atoms with Crippen LogP contribution in [-0.2, 0) is 0 Å². The molecule has 0 saturated heterocycles. The average molecular weight is 239 g/mol. The number of rotatable bonds is 8. The molecule has 0 radical (unpaired) electrons. The minimum atomic E-state index is 0. The van der Waals surface area contributed by atoms with Crippen molar-refractivity contribution in [2.75, 3.05) is 34.2 Å². The third-order valence-electron chi connectivity index (χ3n) is 2.57. The highest BCUT2D eigenvalue weighted by Gasteiger charge is 2.03. The molecule has 1 N–H and O–H groups in total. The Bertz CT molecular complexity index is 293. The van der Waals surface area contributed by atoms with Gasteiger partial charge in [0.1, 0.15) is 0 Å². The Labute approximate surface area is 108 Å². The van der Waals surface area contributed by atoms with Gasteiger partial charge in [-0.2, -0.15) is 0 Å². The summed E-state index contributed by atoms with van der Waals surface area (Å²) in [5.74, 6) is 0. The lowest BCUT2D eigenvalue weighted by atomic mass is 10.1. The van der Waals surface area contributed by atoms with E-state index in [0.29, 0.717) is 0 Å². The molecule has 0 aromatic rings. The summed E-state index contributed by atoms with van der Waals surface area (Å²) < 4.78 is 0. The van der Waals surface area contributed by atoms with Crippen molar-refractivity contribution >= 4 is 5.71 Å². The van der Waals surface area contributed by atoms with E-state index in [-0.39, 0.29) is 1.43 Å². The van der Waals surface area contributed by atoms with Crippen molar-refractivity contribution in [2.45, 2.75) is 26.7 Å². The fourth-order valence-electron chi connectivity index (χ4n) is 1.38. The molecular weight excluding hydrogens is 210 g/mol. The topological polar surface area (TPSA) is 27.6 Å². The van der Waals surface area contributed by atoms with E-state index < -0.39 is 0 Å². The van der Waals surface area contributed by atoms with E-state index in [4.69, 9.17) is 0 Å². The van der Waals surface area contributed by atoms with Crippen LogP contribution < -0.4 is 5.32 Å². The van der Waals surface area contributed by atoms with Crippen LogP contribution in [0.5, 0.6) is 0 Å². The average Bonchev–Trinajstić information content (AvgIpc) is 2.30. The van der Waals surface area contributed by atoms with Crippen LogP contribution in [0.4, 0.5) is 0 Å². The second-order valence-electron chi connectivity index (χ2n) is 4.47. The van der Waals surface area contributed by atoms with Crippen LogP contribution in [0.2, 0.25) is 0 Å². The number of nitrogens with one attached hydrogen (secondary N) is 1. The highest BCUT2D eigenvalue weighted by atomic mass is 15.1. The second-order valence-corrected chi connectivity index (χ2v) is 4.47. The van der Waals surface area contributed by atoms with Crippen LogP contribution in [0, 0.1) is 0 Å². The Balaban J connectivity index is 0. The molecule has 0 atom stereocenters. The standard InChI is InChI=1S/C14H27N3.H2/c1-7-8-9-16-11-12(2)10-14(15-4)13(3)17(5)6;/h10,16H,3,7-9,11H2,1-2,4-6H3;1H/b12-10+,15-14?;. The van der Waals surface area contributed by atoms with Crippen LogP contribution in [0.3, 0.4) is 0 Å². The zero-order valence-corrected chi connectivity index (χ0v) is 12.0. The lowest BCUT2D eigenvalue weighted by Gasteiger charge is -2.16. The summed E-state index contributed by atoms with van der Waals surface area (Å²) >= 11 is 0. The van der Waals surface area contributed by atoms with E-state index in [9.17, 15) is 0 Å². The molecule has 0 fully saturated rings. The van der Waals surface area contributed by atoms with Crippen molar-refractivity contribution in [3.05, 3.63) is 23.9 Å². The largest absolute Gasteiger partial charge is 0.376 e.